The zero-order valence-corrected chi connectivity index (χ0v) is 11.6. The first-order valence-corrected chi connectivity index (χ1v) is 6.32. The fraction of sp³-hybridized carbons (Fsp3) is 0.385. The largest absolute Gasteiger partial charge is 0.350 e. The fourth-order valence-electron chi connectivity index (χ4n) is 1.44. The third-order valence-electron chi connectivity index (χ3n) is 2.45. The smallest absolute Gasteiger partial charge is 0.220 e. The Morgan fingerprint density at radius 1 is 1.24 bits per heavy atom. The number of rotatable bonds is 5. The lowest BCUT2D eigenvalue weighted by Crippen LogP contribution is -2.26. The van der Waals surface area contributed by atoms with E-state index in [0.717, 1.165) is 10.0 Å². The molecule has 1 N–H and O–H groups in total. The minimum absolute atomic E-state index is 0.0384. The van der Waals surface area contributed by atoms with Gasteiger partial charge in [-0.1, -0.05) is 28.1 Å². The molecular formula is C13H16BrNO2. The Labute approximate surface area is 110 Å². The van der Waals surface area contributed by atoms with Crippen LogP contribution in [0, 0.1) is 0 Å². The summed E-state index contributed by atoms with van der Waals surface area (Å²) in [6.45, 7) is 3.42. The van der Waals surface area contributed by atoms with E-state index in [9.17, 15) is 9.59 Å². The van der Waals surface area contributed by atoms with Crippen LogP contribution in [0.3, 0.4) is 0 Å². The molecule has 0 radical (unpaired) electrons. The second-order valence-corrected chi connectivity index (χ2v) is 4.96. The zero-order chi connectivity index (χ0) is 12.8. The molecule has 1 atom stereocenters. The summed E-state index contributed by atoms with van der Waals surface area (Å²) in [4.78, 5) is 22.3. The monoisotopic (exact) mass is 297 g/mol. The number of hydrogen-bond acceptors (Lipinski definition) is 2. The predicted octanol–water partition coefficient (Wildman–Crippen LogP) is 3.00. The van der Waals surface area contributed by atoms with Crippen LogP contribution in [0.2, 0.25) is 0 Å². The minimum atomic E-state index is -0.0874. The normalized spacial score (nSPS) is 11.9. The molecule has 1 aromatic carbocycles. The highest BCUT2D eigenvalue weighted by molar-refractivity contribution is 9.10. The lowest BCUT2D eigenvalue weighted by atomic mass is 10.1. The van der Waals surface area contributed by atoms with Crippen LogP contribution in [0.25, 0.3) is 0 Å². The van der Waals surface area contributed by atoms with Gasteiger partial charge in [0.25, 0.3) is 0 Å². The van der Waals surface area contributed by atoms with Crippen LogP contribution in [0.5, 0.6) is 0 Å². The van der Waals surface area contributed by atoms with Crippen molar-refractivity contribution in [2.45, 2.75) is 32.7 Å². The summed E-state index contributed by atoms with van der Waals surface area (Å²) in [6, 6.07) is 7.75. The number of halogens is 1. The van der Waals surface area contributed by atoms with Gasteiger partial charge < -0.3 is 10.1 Å². The SMILES string of the molecule is CC(=O)CCC(=O)N[C@@H](C)c1ccc(Br)cc1. The number of ketones is 1. The lowest BCUT2D eigenvalue weighted by molar-refractivity contribution is -0.125. The zero-order valence-electron chi connectivity index (χ0n) is 10.00. The molecule has 1 aromatic rings. The van der Waals surface area contributed by atoms with Crippen molar-refractivity contribution in [3.8, 4) is 0 Å². The second kappa shape index (κ2) is 6.55. The van der Waals surface area contributed by atoms with E-state index in [1.54, 1.807) is 0 Å². The number of carbonyl (C=O) groups is 2. The Morgan fingerprint density at radius 3 is 2.35 bits per heavy atom. The first-order chi connectivity index (χ1) is 7.99. The highest BCUT2D eigenvalue weighted by atomic mass is 79.9. The molecule has 0 saturated heterocycles. The van der Waals surface area contributed by atoms with Crippen LogP contribution >= 0.6 is 15.9 Å². The lowest BCUT2D eigenvalue weighted by Gasteiger charge is -2.14. The van der Waals surface area contributed by atoms with Crippen molar-refractivity contribution in [1.29, 1.82) is 0 Å². The first kappa shape index (κ1) is 13.9. The molecular weight excluding hydrogens is 282 g/mol. The topological polar surface area (TPSA) is 46.2 Å². The van der Waals surface area contributed by atoms with Crippen molar-refractivity contribution < 1.29 is 9.59 Å². The summed E-state index contributed by atoms with van der Waals surface area (Å²) >= 11 is 3.36. The summed E-state index contributed by atoms with van der Waals surface area (Å²) in [5.41, 5.74) is 1.05. The number of benzene rings is 1. The number of amides is 1. The molecule has 0 aliphatic heterocycles. The maximum atomic E-state index is 11.5. The van der Waals surface area contributed by atoms with Crippen LogP contribution in [0.15, 0.2) is 28.7 Å². The maximum absolute atomic E-state index is 11.5. The van der Waals surface area contributed by atoms with E-state index in [-0.39, 0.29) is 24.2 Å². The molecule has 0 aliphatic carbocycles. The highest BCUT2D eigenvalue weighted by Gasteiger charge is 2.09. The van der Waals surface area contributed by atoms with E-state index >= 15 is 0 Å². The van der Waals surface area contributed by atoms with Crippen molar-refractivity contribution in [3.05, 3.63) is 34.3 Å². The van der Waals surface area contributed by atoms with Gasteiger partial charge in [0.2, 0.25) is 5.91 Å². The number of Topliss-reactive ketones (excluding diaryl/α,β-unsaturated/α-hetero) is 1. The third kappa shape index (κ3) is 5.13. The summed E-state index contributed by atoms with van der Waals surface area (Å²) in [5.74, 6) is -0.0490. The molecule has 92 valence electrons. The van der Waals surface area contributed by atoms with Gasteiger partial charge in [-0.15, -0.1) is 0 Å². The third-order valence-corrected chi connectivity index (χ3v) is 2.98. The van der Waals surface area contributed by atoms with Crippen molar-refractivity contribution >= 4 is 27.6 Å². The summed E-state index contributed by atoms with van der Waals surface area (Å²) in [5, 5.41) is 2.86. The average Bonchev–Trinajstić information content (AvgIpc) is 2.27. The van der Waals surface area contributed by atoms with E-state index in [1.165, 1.54) is 6.92 Å². The Kier molecular flexibility index (Phi) is 5.35. The Bertz CT molecular complexity index is 400. The Hall–Kier alpha value is -1.16. The standard InChI is InChI=1S/C13H16BrNO2/c1-9(16)3-8-13(17)15-10(2)11-4-6-12(14)7-5-11/h4-7,10H,3,8H2,1-2H3,(H,15,17)/t10-/m0/s1. The van der Waals surface area contributed by atoms with Gasteiger partial charge in [-0.25, -0.2) is 0 Å². The molecule has 0 bridgehead atoms. The molecule has 17 heavy (non-hydrogen) atoms. The Morgan fingerprint density at radius 2 is 1.82 bits per heavy atom. The molecule has 0 aromatic heterocycles. The van der Waals surface area contributed by atoms with E-state index in [4.69, 9.17) is 0 Å². The predicted molar refractivity (Wildman–Crippen MR) is 70.6 cm³/mol. The van der Waals surface area contributed by atoms with Gasteiger partial charge in [0.15, 0.2) is 0 Å². The molecule has 3 nitrogen and oxygen atoms in total. The van der Waals surface area contributed by atoms with E-state index in [2.05, 4.69) is 21.2 Å². The number of hydrogen-bond donors (Lipinski definition) is 1. The van der Waals surface area contributed by atoms with Crippen molar-refractivity contribution in [3.63, 3.8) is 0 Å². The van der Waals surface area contributed by atoms with Gasteiger partial charge in [0, 0.05) is 17.3 Å². The van der Waals surface area contributed by atoms with Crippen LogP contribution in [0.1, 0.15) is 38.3 Å². The molecule has 0 fully saturated rings. The number of nitrogens with one attached hydrogen (secondary N) is 1. The minimum Gasteiger partial charge on any atom is -0.350 e. The molecule has 1 amide bonds. The summed E-state index contributed by atoms with van der Waals surface area (Å²) in [7, 11) is 0. The molecule has 1 rings (SSSR count). The van der Waals surface area contributed by atoms with Gasteiger partial charge in [0.1, 0.15) is 5.78 Å². The molecule has 0 unspecified atom stereocenters. The molecule has 0 saturated carbocycles. The van der Waals surface area contributed by atoms with E-state index in [0.29, 0.717) is 6.42 Å². The molecule has 0 aliphatic rings. The van der Waals surface area contributed by atoms with Crippen molar-refractivity contribution in [1.82, 2.24) is 5.32 Å². The fourth-order valence-corrected chi connectivity index (χ4v) is 1.70. The van der Waals surface area contributed by atoms with Gasteiger partial charge >= 0.3 is 0 Å². The highest BCUT2D eigenvalue weighted by Crippen LogP contribution is 2.16. The van der Waals surface area contributed by atoms with Gasteiger partial charge in [-0.05, 0) is 31.5 Å². The van der Waals surface area contributed by atoms with E-state index < -0.39 is 0 Å². The molecule has 0 heterocycles. The van der Waals surface area contributed by atoms with E-state index in [1.807, 2.05) is 31.2 Å². The molecule has 0 spiro atoms. The van der Waals surface area contributed by atoms with Gasteiger partial charge in [-0.2, -0.15) is 0 Å². The Balaban J connectivity index is 2.48. The molecule has 4 heteroatoms. The first-order valence-electron chi connectivity index (χ1n) is 5.53. The number of carbonyl (C=O) groups excluding carboxylic acids is 2. The average molecular weight is 298 g/mol. The summed E-state index contributed by atoms with van der Waals surface area (Å²) in [6.07, 6.45) is 0.565. The van der Waals surface area contributed by atoms with Crippen LogP contribution in [-0.2, 0) is 9.59 Å². The van der Waals surface area contributed by atoms with Crippen LogP contribution < -0.4 is 5.32 Å². The second-order valence-electron chi connectivity index (χ2n) is 4.04. The van der Waals surface area contributed by atoms with Crippen LogP contribution in [0.4, 0.5) is 0 Å². The maximum Gasteiger partial charge on any atom is 0.220 e. The van der Waals surface area contributed by atoms with Gasteiger partial charge in [-0.3, -0.25) is 4.79 Å². The van der Waals surface area contributed by atoms with Crippen LogP contribution in [-0.4, -0.2) is 11.7 Å². The summed E-state index contributed by atoms with van der Waals surface area (Å²) < 4.78 is 1.01. The van der Waals surface area contributed by atoms with Gasteiger partial charge in [0.05, 0.1) is 6.04 Å². The van der Waals surface area contributed by atoms with Crippen molar-refractivity contribution in [2.75, 3.05) is 0 Å². The quantitative estimate of drug-likeness (QED) is 0.908. The van der Waals surface area contributed by atoms with Crippen molar-refractivity contribution in [2.24, 2.45) is 0 Å².